The van der Waals surface area contributed by atoms with Crippen LogP contribution in [0.3, 0.4) is 0 Å². The molecule has 0 atom stereocenters. The van der Waals surface area contributed by atoms with E-state index in [1.165, 1.54) is 0 Å². The van der Waals surface area contributed by atoms with Gasteiger partial charge in [0.2, 0.25) is 17.6 Å². The van der Waals surface area contributed by atoms with Gasteiger partial charge in [0.05, 0.1) is 0 Å². The number of benzene rings is 1. The van der Waals surface area contributed by atoms with Crippen LogP contribution >= 0.6 is 24.0 Å². The first-order valence-corrected chi connectivity index (χ1v) is 7.12. The van der Waals surface area contributed by atoms with E-state index < -0.39 is 0 Å². The predicted molar refractivity (Wildman–Crippen MR) is 87.0 cm³/mol. The SMILES string of the molecule is Cl.NCCNC(=O)CCCc1nc(-c2ccc(Cl)cc2)no1. The molecule has 0 aliphatic rings. The van der Waals surface area contributed by atoms with E-state index in [4.69, 9.17) is 21.9 Å². The van der Waals surface area contributed by atoms with Gasteiger partial charge in [-0.25, -0.2) is 0 Å². The summed E-state index contributed by atoms with van der Waals surface area (Å²) in [5, 5.41) is 7.29. The number of hydrogen-bond donors (Lipinski definition) is 2. The summed E-state index contributed by atoms with van der Waals surface area (Å²) in [6.45, 7) is 0.944. The van der Waals surface area contributed by atoms with Crippen molar-refractivity contribution in [2.45, 2.75) is 19.3 Å². The first kappa shape index (κ1) is 18.4. The number of rotatable bonds is 7. The van der Waals surface area contributed by atoms with Crippen molar-refractivity contribution in [1.29, 1.82) is 0 Å². The number of aryl methyl sites for hydroxylation is 1. The lowest BCUT2D eigenvalue weighted by Crippen LogP contribution is -2.28. The molecule has 1 aromatic carbocycles. The molecule has 0 aliphatic heterocycles. The average molecular weight is 345 g/mol. The third-order valence-corrected chi connectivity index (χ3v) is 3.08. The molecule has 1 amide bonds. The summed E-state index contributed by atoms with van der Waals surface area (Å²) in [6.07, 6.45) is 1.63. The lowest BCUT2D eigenvalue weighted by molar-refractivity contribution is -0.121. The Labute approximate surface area is 139 Å². The van der Waals surface area contributed by atoms with E-state index in [9.17, 15) is 4.79 Å². The second kappa shape index (κ2) is 9.40. The van der Waals surface area contributed by atoms with E-state index in [2.05, 4.69) is 15.5 Å². The minimum absolute atomic E-state index is 0. The Morgan fingerprint density at radius 1 is 1.32 bits per heavy atom. The van der Waals surface area contributed by atoms with Crippen molar-refractivity contribution in [3.63, 3.8) is 0 Å². The Morgan fingerprint density at radius 3 is 2.73 bits per heavy atom. The molecule has 8 heteroatoms. The summed E-state index contributed by atoms with van der Waals surface area (Å²) in [6, 6.07) is 7.21. The number of carbonyl (C=O) groups excluding carboxylic acids is 1. The maximum absolute atomic E-state index is 11.4. The fourth-order valence-corrected chi connectivity index (χ4v) is 1.90. The van der Waals surface area contributed by atoms with E-state index in [0.717, 1.165) is 5.56 Å². The van der Waals surface area contributed by atoms with Crippen LogP contribution in [-0.4, -0.2) is 29.1 Å². The van der Waals surface area contributed by atoms with Crippen LogP contribution in [0.5, 0.6) is 0 Å². The van der Waals surface area contributed by atoms with E-state index in [0.29, 0.717) is 49.1 Å². The van der Waals surface area contributed by atoms with Gasteiger partial charge in [0, 0.05) is 36.5 Å². The van der Waals surface area contributed by atoms with E-state index in [1.54, 1.807) is 12.1 Å². The van der Waals surface area contributed by atoms with Gasteiger partial charge in [-0.3, -0.25) is 4.79 Å². The molecule has 2 rings (SSSR count). The lowest BCUT2D eigenvalue weighted by Gasteiger charge is -2.01. The Hall–Kier alpha value is -1.63. The highest BCUT2D eigenvalue weighted by Gasteiger charge is 2.09. The molecule has 3 N–H and O–H groups in total. The number of hydrogen-bond acceptors (Lipinski definition) is 5. The fraction of sp³-hybridized carbons (Fsp3) is 0.357. The molecule has 0 radical (unpaired) electrons. The summed E-state index contributed by atoms with van der Waals surface area (Å²) in [5.74, 6) is 1.03. The van der Waals surface area contributed by atoms with Gasteiger partial charge in [0.1, 0.15) is 0 Å². The molecule has 6 nitrogen and oxygen atoms in total. The van der Waals surface area contributed by atoms with Gasteiger partial charge in [0.15, 0.2) is 0 Å². The minimum Gasteiger partial charge on any atom is -0.355 e. The van der Waals surface area contributed by atoms with E-state index in [1.807, 2.05) is 12.1 Å². The molecule has 0 saturated carbocycles. The summed E-state index contributed by atoms with van der Waals surface area (Å²) < 4.78 is 5.17. The molecule has 120 valence electrons. The van der Waals surface area contributed by atoms with Gasteiger partial charge >= 0.3 is 0 Å². The molecule has 0 spiro atoms. The van der Waals surface area contributed by atoms with Gasteiger partial charge < -0.3 is 15.6 Å². The molecule has 0 unspecified atom stereocenters. The molecular formula is C14H18Cl2N4O2. The van der Waals surface area contributed by atoms with Crippen LogP contribution in [0.15, 0.2) is 28.8 Å². The van der Waals surface area contributed by atoms with Crippen LogP contribution < -0.4 is 11.1 Å². The largest absolute Gasteiger partial charge is 0.355 e. The monoisotopic (exact) mass is 344 g/mol. The standard InChI is InChI=1S/C14H17ClN4O2.ClH/c15-11-6-4-10(5-7-11)14-18-13(21-19-14)3-1-2-12(20)17-9-8-16;/h4-7H,1-3,8-9,16H2,(H,17,20);1H. The minimum atomic E-state index is -0.0158. The van der Waals surface area contributed by atoms with Gasteiger partial charge in [-0.15, -0.1) is 12.4 Å². The number of halogens is 2. The highest BCUT2D eigenvalue weighted by molar-refractivity contribution is 6.30. The zero-order chi connectivity index (χ0) is 15.1. The Morgan fingerprint density at radius 2 is 2.05 bits per heavy atom. The molecule has 22 heavy (non-hydrogen) atoms. The normalized spacial score (nSPS) is 10.1. The van der Waals surface area contributed by atoms with Crippen molar-refractivity contribution < 1.29 is 9.32 Å². The van der Waals surface area contributed by atoms with Crippen LogP contribution in [-0.2, 0) is 11.2 Å². The number of carbonyl (C=O) groups is 1. The molecule has 2 aromatic rings. The number of aromatic nitrogens is 2. The number of amides is 1. The number of nitrogens with zero attached hydrogens (tertiary/aromatic N) is 2. The average Bonchev–Trinajstić information content (AvgIpc) is 2.95. The van der Waals surface area contributed by atoms with Crippen molar-refractivity contribution in [3.8, 4) is 11.4 Å². The van der Waals surface area contributed by atoms with Gasteiger partial charge in [0.25, 0.3) is 0 Å². The van der Waals surface area contributed by atoms with Crippen molar-refractivity contribution in [3.05, 3.63) is 35.2 Å². The first-order valence-electron chi connectivity index (χ1n) is 6.74. The fourth-order valence-electron chi connectivity index (χ4n) is 1.77. The lowest BCUT2D eigenvalue weighted by atomic mass is 10.2. The summed E-state index contributed by atoms with van der Waals surface area (Å²) in [7, 11) is 0. The quantitative estimate of drug-likeness (QED) is 0.802. The summed E-state index contributed by atoms with van der Waals surface area (Å²) in [4.78, 5) is 15.7. The zero-order valence-electron chi connectivity index (χ0n) is 11.9. The highest BCUT2D eigenvalue weighted by Crippen LogP contribution is 2.19. The molecule has 0 saturated heterocycles. The van der Waals surface area contributed by atoms with Crippen LogP contribution in [0.1, 0.15) is 18.7 Å². The summed E-state index contributed by atoms with van der Waals surface area (Å²) in [5.41, 5.74) is 6.15. The topological polar surface area (TPSA) is 94.0 Å². The summed E-state index contributed by atoms with van der Waals surface area (Å²) >= 11 is 5.83. The Bertz CT molecular complexity index is 587. The molecule has 0 bridgehead atoms. The van der Waals surface area contributed by atoms with Gasteiger partial charge in [-0.1, -0.05) is 16.8 Å². The van der Waals surface area contributed by atoms with Crippen LogP contribution in [0.2, 0.25) is 5.02 Å². The zero-order valence-corrected chi connectivity index (χ0v) is 13.5. The Balaban J connectivity index is 0.00000242. The second-order valence-electron chi connectivity index (χ2n) is 4.51. The van der Waals surface area contributed by atoms with E-state index in [-0.39, 0.29) is 18.3 Å². The maximum atomic E-state index is 11.4. The molecular weight excluding hydrogens is 327 g/mol. The first-order chi connectivity index (χ1) is 10.2. The van der Waals surface area contributed by atoms with Crippen molar-refractivity contribution in [2.24, 2.45) is 5.73 Å². The Kier molecular flexibility index (Phi) is 7.87. The third kappa shape index (κ3) is 5.63. The number of nitrogens with two attached hydrogens (primary N) is 1. The third-order valence-electron chi connectivity index (χ3n) is 2.83. The maximum Gasteiger partial charge on any atom is 0.226 e. The molecule has 1 heterocycles. The molecule has 0 fully saturated rings. The number of nitrogens with one attached hydrogen (secondary N) is 1. The molecule has 0 aliphatic carbocycles. The van der Waals surface area contributed by atoms with Crippen LogP contribution in [0.25, 0.3) is 11.4 Å². The molecule has 1 aromatic heterocycles. The van der Waals surface area contributed by atoms with Gasteiger partial charge in [-0.05, 0) is 30.7 Å². The van der Waals surface area contributed by atoms with Crippen LogP contribution in [0.4, 0.5) is 0 Å². The van der Waals surface area contributed by atoms with Crippen molar-refractivity contribution >= 4 is 29.9 Å². The van der Waals surface area contributed by atoms with Crippen molar-refractivity contribution in [1.82, 2.24) is 15.5 Å². The van der Waals surface area contributed by atoms with Gasteiger partial charge in [-0.2, -0.15) is 4.98 Å². The predicted octanol–water partition coefficient (Wildman–Crippen LogP) is 2.21. The van der Waals surface area contributed by atoms with Crippen molar-refractivity contribution in [2.75, 3.05) is 13.1 Å². The van der Waals surface area contributed by atoms with Crippen LogP contribution in [0, 0.1) is 0 Å². The highest BCUT2D eigenvalue weighted by atomic mass is 35.5. The smallest absolute Gasteiger partial charge is 0.226 e. The van der Waals surface area contributed by atoms with E-state index >= 15 is 0 Å². The second-order valence-corrected chi connectivity index (χ2v) is 4.95.